The maximum absolute atomic E-state index is 6.32. The van der Waals surface area contributed by atoms with Crippen LogP contribution in [0.2, 0.25) is 18.1 Å². The molecule has 1 atom stereocenters. The summed E-state index contributed by atoms with van der Waals surface area (Å²) in [6, 6.07) is 4.48. The Morgan fingerprint density at radius 1 is 1.24 bits per heavy atom. The lowest BCUT2D eigenvalue weighted by Crippen LogP contribution is -2.43. The minimum Gasteiger partial charge on any atom is -0.454 e. The van der Waals surface area contributed by atoms with Crippen molar-refractivity contribution in [1.82, 2.24) is 0 Å². The number of anilines is 1. The topological polar surface area (TPSA) is 39.7 Å². The van der Waals surface area contributed by atoms with Gasteiger partial charge >= 0.3 is 0 Å². The zero-order valence-electron chi connectivity index (χ0n) is 13.6. The van der Waals surface area contributed by atoms with Gasteiger partial charge in [-0.25, -0.2) is 0 Å². The van der Waals surface area contributed by atoms with Crippen LogP contribution in [0.15, 0.2) is 12.1 Å². The van der Waals surface area contributed by atoms with Gasteiger partial charge in [0.2, 0.25) is 6.79 Å². The third-order valence-electron chi connectivity index (χ3n) is 4.88. The zero-order chi connectivity index (χ0) is 15.3. The van der Waals surface area contributed by atoms with Crippen molar-refractivity contribution in [3.8, 4) is 11.5 Å². The number of rotatable bonds is 3. The molecule has 3 rings (SSSR count). The van der Waals surface area contributed by atoms with E-state index in [9.17, 15) is 0 Å². The van der Waals surface area contributed by atoms with Crippen molar-refractivity contribution >= 4 is 14.0 Å². The summed E-state index contributed by atoms with van der Waals surface area (Å²) in [7, 11) is -1.68. The van der Waals surface area contributed by atoms with Gasteiger partial charge in [0.1, 0.15) is 0 Å². The van der Waals surface area contributed by atoms with Gasteiger partial charge in [-0.1, -0.05) is 20.8 Å². The van der Waals surface area contributed by atoms with E-state index in [-0.39, 0.29) is 5.04 Å². The highest BCUT2D eigenvalue weighted by Gasteiger charge is 2.38. The molecule has 1 N–H and O–H groups in total. The van der Waals surface area contributed by atoms with Gasteiger partial charge < -0.3 is 19.2 Å². The van der Waals surface area contributed by atoms with Crippen LogP contribution in [-0.2, 0) is 10.8 Å². The van der Waals surface area contributed by atoms with Gasteiger partial charge in [-0.2, -0.15) is 0 Å². The Morgan fingerprint density at radius 3 is 2.57 bits per heavy atom. The predicted octanol–water partition coefficient (Wildman–Crippen LogP) is 3.77. The van der Waals surface area contributed by atoms with Crippen LogP contribution in [0.25, 0.3) is 0 Å². The number of hydrogen-bond acceptors (Lipinski definition) is 4. The highest BCUT2D eigenvalue weighted by molar-refractivity contribution is 6.74. The Labute approximate surface area is 127 Å². The predicted molar refractivity (Wildman–Crippen MR) is 86.8 cm³/mol. The highest BCUT2D eigenvalue weighted by atomic mass is 28.4. The number of ether oxygens (including phenoxy) is 2. The molecule has 0 radical (unpaired) electrons. The first-order valence-electron chi connectivity index (χ1n) is 7.59. The lowest BCUT2D eigenvalue weighted by Gasteiger charge is -2.37. The van der Waals surface area contributed by atoms with Crippen molar-refractivity contribution in [1.29, 1.82) is 0 Å². The smallest absolute Gasteiger partial charge is 0.231 e. The minimum atomic E-state index is -1.68. The lowest BCUT2D eigenvalue weighted by atomic mass is 10.1. The highest BCUT2D eigenvalue weighted by Crippen LogP contribution is 2.41. The summed E-state index contributed by atoms with van der Waals surface area (Å²) < 4.78 is 17.2. The van der Waals surface area contributed by atoms with Crippen LogP contribution in [0.5, 0.6) is 11.5 Å². The fraction of sp³-hybridized carbons (Fsp3) is 0.625. The molecule has 0 bridgehead atoms. The van der Waals surface area contributed by atoms with Crippen LogP contribution < -0.4 is 14.8 Å². The van der Waals surface area contributed by atoms with Crippen LogP contribution in [0.4, 0.5) is 5.69 Å². The molecular weight excluding hydrogens is 282 g/mol. The first kappa shape index (κ1) is 14.7. The molecule has 0 amide bonds. The molecule has 0 saturated heterocycles. The Bertz CT molecular complexity index is 518. The van der Waals surface area contributed by atoms with Crippen molar-refractivity contribution < 1.29 is 13.9 Å². The summed E-state index contributed by atoms with van der Waals surface area (Å²) in [5, 5.41) is 3.80. The number of hydrogen-bond donors (Lipinski definition) is 1. The summed E-state index contributed by atoms with van der Waals surface area (Å²) in [4.78, 5) is 0. The molecule has 4 nitrogen and oxygen atoms in total. The Balaban J connectivity index is 1.64. The number of fused-ring (bicyclic) bond motifs is 2. The van der Waals surface area contributed by atoms with E-state index in [0.717, 1.165) is 30.2 Å². The fourth-order valence-corrected chi connectivity index (χ4v) is 3.50. The van der Waals surface area contributed by atoms with Crippen LogP contribution in [-0.4, -0.2) is 27.8 Å². The summed E-state index contributed by atoms with van der Waals surface area (Å²) in [6.45, 7) is 12.5. The van der Waals surface area contributed by atoms with Crippen molar-refractivity contribution in [2.24, 2.45) is 0 Å². The molecule has 2 aliphatic rings. The molecule has 2 heterocycles. The molecule has 0 aromatic heterocycles. The van der Waals surface area contributed by atoms with E-state index >= 15 is 0 Å². The molecule has 1 aromatic carbocycles. The van der Waals surface area contributed by atoms with E-state index in [4.69, 9.17) is 13.9 Å². The third-order valence-corrected chi connectivity index (χ3v) is 9.38. The Hall–Kier alpha value is -1.20. The van der Waals surface area contributed by atoms with Gasteiger partial charge in [0.25, 0.3) is 0 Å². The molecule has 5 heteroatoms. The second-order valence-electron chi connectivity index (χ2n) is 7.48. The quantitative estimate of drug-likeness (QED) is 0.863. The van der Waals surface area contributed by atoms with Gasteiger partial charge in [-0.05, 0) is 36.2 Å². The maximum Gasteiger partial charge on any atom is 0.231 e. The van der Waals surface area contributed by atoms with Gasteiger partial charge in [0, 0.05) is 11.8 Å². The van der Waals surface area contributed by atoms with E-state index in [0.29, 0.717) is 12.8 Å². The van der Waals surface area contributed by atoms with E-state index in [2.05, 4.69) is 45.2 Å². The molecule has 0 fully saturated rings. The molecular formula is C16H25NO3Si. The second kappa shape index (κ2) is 4.92. The van der Waals surface area contributed by atoms with Gasteiger partial charge in [0.05, 0.1) is 12.6 Å². The van der Waals surface area contributed by atoms with E-state index < -0.39 is 8.32 Å². The molecule has 21 heavy (non-hydrogen) atoms. The lowest BCUT2D eigenvalue weighted by molar-refractivity contribution is 0.174. The molecule has 2 aliphatic heterocycles. The Morgan fingerprint density at radius 2 is 1.90 bits per heavy atom. The zero-order valence-corrected chi connectivity index (χ0v) is 14.6. The molecule has 0 unspecified atom stereocenters. The van der Waals surface area contributed by atoms with Crippen molar-refractivity contribution in [3.63, 3.8) is 0 Å². The molecule has 0 aliphatic carbocycles. The van der Waals surface area contributed by atoms with Gasteiger partial charge in [-0.3, -0.25) is 0 Å². The fourth-order valence-electron chi connectivity index (χ4n) is 2.45. The summed E-state index contributed by atoms with van der Waals surface area (Å²) in [5.41, 5.74) is 2.45. The van der Waals surface area contributed by atoms with Crippen LogP contribution in [0, 0.1) is 0 Å². The van der Waals surface area contributed by atoms with Gasteiger partial charge in [0.15, 0.2) is 19.8 Å². The first-order chi connectivity index (χ1) is 9.76. The van der Waals surface area contributed by atoms with Crippen LogP contribution in [0.3, 0.4) is 0 Å². The van der Waals surface area contributed by atoms with Crippen LogP contribution in [0.1, 0.15) is 26.3 Å². The SMILES string of the molecule is CC(C)(C)[Si](C)(C)OC[C@@H]1Cc2cc3c(cc2N1)OCO3. The standard InChI is InChI=1S/C16H25NO3Si/c1-16(2,3)21(4,5)20-9-12-6-11-7-14-15(19-10-18-14)8-13(11)17-12/h7-8,12,17H,6,9-10H2,1-5H3/t12-/m0/s1. The minimum absolute atomic E-state index is 0.251. The number of benzene rings is 1. The second-order valence-corrected chi connectivity index (χ2v) is 12.3. The van der Waals surface area contributed by atoms with E-state index in [1.807, 2.05) is 6.07 Å². The number of nitrogens with one attached hydrogen (secondary N) is 1. The van der Waals surface area contributed by atoms with Crippen molar-refractivity contribution in [3.05, 3.63) is 17.7 Å². The largest absolute Gasteiger partial charge is 0.454 e. The van der Waals surface area contributed by atoms with Crippen molar-refractivity contribution in [2.75, 3.05) is 18.7 Å². The van der Waals surface area contributed by atoms with Gasteiger partial charge in [-0.15, -0.1) is 0 Å². The summed E-state index contributed by atoms with van der Waals surface area (Å²) >= 11 is 0. The average Bonchev–Trinajstić information content (AvgIpc) is 2.96. The van der Waals surface area contributed by atoms with Crippen LogP contribution >= 0.6 is 0 Å². The Kier molecular flexibility index (Phi) is 3.45. The first-order valence-corrected chi connectivity index (χ1v) is 10.5. The monoisotopic (exact) mass is 307 g/mol. The normalized spacial score (nSPS) is 20.3. The van der Waals surface area contributed by atoms with E-state index in [1.165, 1.54) is 5.56 Å². The van der Waals surface area contributed by atoms with Crippen molar-refractivity contribution in [2.45, 2.75) is 51.4 Å². The molecule has 116 valence electrons. The molecule has 0 spiro atoms. The molecule has 0 saturated carbocycles. The van der Waals surface area contributed by atoms with E-state index in [1.54, 1.807) is 0 Å². The molecule has 1 aromatic rings. The maximum atomic E-state index is 6.32. The third kappa shape index (κ3) is 2.76. The summed E-state index contributed by atoms with van der Waals surface area (Å²) in [6.07, 6.45) is 0.987. The average molecular weight is 307 g/mol. The summed E-state index contributed by atoms with van der Waals surface area (Å²) in [5.74, 6) is 1.70.